The summed E-state index contributed by atoms with van der Waals surface area (Å²) in [5.41, 5.74) is -0.475. The van der Waals surface area contributed by atoms with E-state index in [4.69, 9.17) is 11.6 Å². The molecule has 0 saturated heterocycles. The van der Waals surface area contributed by atoms with Crippen molar-refractivity contribution in [3.05, 3.63) is 29.3 Å². The van der Waals surface area contributed by atoms with Crippen molar-refractivity contribution in [2.45, 2.75) is 40.5 Å². The van der Waals surface area contributed by atoms with Gasteiger partial charge in [0.1, 0.15) is 5.41 Å². The quantitative estimate of drug-likeness (QED) is 0.772. The first-order valence-electron chi connectivity index (χ1n) is 7.69. The molecule has 0 bridgehead atoms. The summed E-state index contributed by atoms with van der Waals surface area (Å²) in [6.45, 7) is 8.72. The third-order valence-electron chi connectivity index (χ3n) is 3.48. The summed E-state index contributed by atoms with van der Waals surface area (Å²) in [5, 5.41) is 3.39. The van der Waals surface area contributed by atoms with E-state index in [9.17, 15) is 9.59 Å². The van der Waals surface area contributed by atoms with Gasteiger partial charge in [-0.25, -0.2) is 0 Å². The molecule has 0 fully saturated rings. The minimum Gasteiger partial charge on any atom is -0.342 e. The summed E-state index contributed by atoms with van der Waals surface area (Å²) >= 11 is 5.83. The van der Waals surface area contributed by atoms with Crippen LogP contribution in [0.25, 0.3) is 0 Å². The van der Waals surface area contributed by atoms with E-state index in [-0.39, 0.29) is 11.8 Å². The van der Waals surface area contributed by atoms with Gasteiger partial charge >= 0.3 is 0 Å². The Morgan fingerprint density at radius 2 is 1.59 bits per heavy atom. The van der Waals surface area contributed by atoms with Crippen molar-refractivity contribution in [2.24, 2.45) is 5.41 Å². The van der Waals surface area contributed by atoms with Gasteiger partial charge < -0.3 is 10.2 Å². The molecule has 0 aliphatic rings. The maximum atomic E-state index is 12.7. The Kier molecular flexibility index (Phi) is 6.88. The van der Waals surface area contributed by atoms with E-state index in [1.165, 1.54) is 0 Å². The molecular weight excluding hydrogens is 300 g/mol. The van der Waals surface area contributed by atoms with Crippen LogP contribution in [-0.2, 0) is 9.59 Å². The Morgan fingerprint density at radius 3 is 2.05 bits per heavy atom. The number of carbonyl (C=O) groups is 2. The van der Waals surface area contributed by atoms with Gasteiger partial charge in [0.15, 0.2) is 0 Å². The van der Waals surface area contributed by atoms with Gasteiger partial charge in [-0.05, 0) is 51.0 Å². The van der Waals surface area contributed by atoms with E-state index < -0.39 is 5.41 Å². The number of rotatable bonds is 7. The minimum atomic E-state index is -1.11. The van der Waals surface area contributed by atoms with E-state index in [0.717, 1.165) is 12.8 Å². The number of nitrogens with zero attached hydrogens (tertiary/aromatic N) is 1. The van der Waals surface area contributed by atoms with Gasteiger partial charge in [0, 0.05) is 23.8 Å². The highest BCUT2D eigenvalue weighted by Crippen LogP contribution is 2.23. The number of carbonyl (C=O) groups excluding carboxylic acids is 2. The molecular formula is C17H25ClN2O2. The smallest absolute Gasteiger partial charge is 0.239 e. The normalized spacial score (nSPS) is 11.1. The van der Waals surface area contributed by atoms with Crippen molar-refractivity contribution in [3.8, 4) is 0 Å². The maximum Gasteiger partial charge on any atom is 0.239 e. The van der Waals surface area contributed by atoms with Crippen LogP contribution < -0.4 is 5.32 Å². The molecule has 2 amide bonds. The molecule has 0 saturated carbocycles. The number of benzene rings is 1. The lowest BCUT2D eigenvalue weighted by Crippen LogP contribution is -2.47. The third-order valence-corrected chi connectivity index (χ3v) is 3.73. The lowest BCUT2D eigenvalue weighted by molar-refractivity contribution is -0.146. The molecule has 5 heteroatoms. The van der Waals surface area contributed by atoms with Gasteiger partial charge in [-0.15, -0.1) is 0 Å². The molecule has 0 heterocycles. The van der Waals surface area contributed by atoms with Crippen molar-refractivity contribution < 1.29 is 9.59 Å². The summed E-state index contributed by atoms with van der Waals surface area (Å²) in [6, 6.07) is 6.84. The molecule has 0 aromatic heterocycles. The molecule has 1 aromatic rings. The first kappa shape index (κ1) is 18.5. The second kappa shape index (κ2) is 8.18. The van der Waals surface area contributed by atoms with Crippen molar-refractivity contribution >= 4 is 29.1 Å². The summed E-state index contributed by atoms with van der Waals surface area (Å²) in [4.78, 5) is 26.9. The van der Waals surface area contributed by atoms with Crippen LogP contribution >= 0.6 is 11.6 Å². The summed E-state index contributed by atoms with van der Waals surface area (Å²) < 4.78 is 0. The van der Waals surface area contributed by atoms with Crippen LogP contribution in [0.2, 0.25) is 5.02 Å². The first-order valence-corrected chi connectivity index (χ1v) is 8.07. The van der Waals surface area contributed by atoms with Crippen LogP contribution in [0.15, 0.2) is 24.3 Å². The largest absolute Gasteiger partial charge is 0.342 e. The average Bonchev–Trinajstić information content (AvgIpc) is 2.48. The van der Waals surface area contributed by atoms with Gasteiger partial charge in [-0.1, -0.05) is 25.4 Å². The lowest BCUT2D eigenvalue weighted by Gasteiger charge is -2.30. The molecule has 0 radical (unpaired) electrons. The third kappa shape index (κ3) is 4.73. The fourth-order valence-corrected chi connectivity index (χ4v) is 2.29. The Hall–Kier alpha value is -1.55. The molecule has 1 N–H and O–H groups in total. The molecule has 0 unspecified atom stereocenters. The van der Waals surface area contributed by atoms with Gasteiger partial charge in [-0.3, -0.25) is 9.59 Å². The standard InChI is InChI=1S/C17H25ClN2O2/c1-5-11-20(12-6-2)16(22)17(3,4)15(21)19-14-9-7-13(18)8-10-14/h7-10H,5-6,11-12H2,1-4H3,(H,19,21). The Labute approximate surface area is 137 Å². The van der Waals surface area contributed by atoms with Gasteiger partial charge in [0.05, 0.1) is 0 Å². The highest BCUT2D eigenvalue weighted by molar-refractivity contribution is 6.30. The Morgan fingerprint density at radius 1 is 1.09 bits per heavy atom. The first-order chi connectivity index (χ1) is 10.3. The highest BCUT2D eigenvalue weighted by Gasteiger charge is 2.38. The van der Waals surface area contributed by atoms with Crippen molar-refractivity contribution in [1.29, 1.82) is 0 Å². The number of hydrogen-bond donors (Lipinski definition) is 1. The second-order valence-electron chi connectivity index (χ2n) is 5.88. The average molecular weight is 325 g/mol. The predicted octanol–water partition coefficient (Wildman–Crippen LogP) is 3.95. The zero-order valence-electron chi connectivity index (χ0n) is 13.8. The van der Waals surface area contributed by atoms with Gasteiger partial charge in [0.25, 0.3) is 0 Å². The number of anilines is 1. The summed E-state index contributed by atoms with van der Waals surface area (Å²) in [5.74, 6) is -0.445. The SMILES string of the molecule is CCCN(CCC)C(=O)C(C)(C)C(=O)Nc1ccc(Cl)cc1. The van der Waals surface area contributed by atoms with Crippen LogP contribution in [0.4, 0.5) is 5.69 Å². The van der Waals surface area contributed by atoms with Crippen LogP contribution in [0.3, 0.4) is 0 Å². The van der Waals surface area contributed by atoms with Crippen molar-refractivity contribution in [1.82, 2.24) is 4.90 Å². The molecule has 4 nitrogen and oxygen atoms in total. The number of amides is 2. The van der Waals surface area contributed by atoms with Crippen LogP contribution in [0.5, 0.6) is 0 Å². The van der Waals surface area contributed by atoms with Crippen LogP contribution in [0, 0.1) is 5.41 Å². The monoisotopic (exact) mass is 324 g/mol. The summed E-state index contributed by atoms with van der Waals surface area (Å²) in [7, 11) is 0. The van der Waals surface area contributed by atoms with E-state index in [1.807, 2.05) is 13.8 Å². The van der Waals surface area contributed by atoms with Crippen molar-refractivity contribution in [2.75, 3.05) is 18.4 Å². The highest BCUT2D eigenvalue weighted by atomic mass is 35.5. The van der Waals surface area contributed by atoms with Gasteiger partial charge in [0.2, 0.25) is 11.8 Å². The van der Waals surface area contributed by atoms with E-state index in [0.29, 0.717) is 23.8 Å². The molecule has 0 atom stereocenters. The molecule has 0 aliphatic heterocycles. The number of hydrogen-bond acceptors (Lipinski definition) is 2. The Bertz CT molecular complexity index is 506. The molecule has 1 aromatic carbocycles. The summed E-state index contributed by atoms with van der Waals surface area (Å²) in [6.07, 6.45) is 1.75. The molecule has 0 aliphatic carbocycles. The van der Waals surface area contributed by atoms with Crippen LogP contribution in [-0.4, -0.2) is 29.8 Å². The zero-order valence-corrected chi connectivity index (χ0v) is 14.5. The zero-order chi connectivity index (χ0) is 16.8. The fraction of sp³-hybridized carbons (Fsp3) is 0.529. The number of nitrogens with one attached hydrogen (secondary N) is 1. The van der Waals surface area contributed by atoms with E-state index >= 15 is 0 Å². The van der Waals surface area contributed by atoms with E-state index in [1.54, 1.807) is 43.0 Å². The molecule has 22 heavy (non-hydrogen) atoms. The van der Waals surface area contributed by atoms with Crippen LogP contribution in [0.1, 0.15) is 40.5 Å². The lowest BCUT2D eigenvalue weighted by atomic mass is 9.90. The predicted molar refractivity (Wildman–Crippen MR) is 91.0 cm³/mol. The van der Waals surface area contributed by atoms with E-state index in [2.05, 4.69) is 5.32 Å². The van der Waals surface area contributed by atoms with Gasteiger partial charge in [-0.2, -0.15) is 0 Å². The van der Waals surface area contributed by atoms with Crippen molar-refractivity contribution in [3.63, 3.8) is 0 Å². The molecule has 0 spiro atoms. The molecule has 122 valence electrons. The Balaban J connectivity index is 2.83. The minimum absolute atomic E-state index is 0.136. The fourth-order valence-electron chi connectivity index (χ4n) is 2.17. The topological polar surface area (TPSA) is 49.4 Å². The number of halogens is 1. The second-order valence-corrected chi connectivity index (χ2v) is 6.31. The molecule has 1 rings (SSSR count). The maximum absolute atomic E-state index is 12.7.